The largest absolute Gasteiger partial charge is 0.321 e. The number of carbonyl (C=O) groups excluding carboxylic acids is 1. The smallest absolute Gasteiger partial charge is 0.258 e. The molecule has 0 spiro atoms. The first kappa shape index (κ1) is 26.9. The Labute approximate surface area is 230 Å². The van der Waals surface area contributed by atoms with E-state index < -0.39 is 24.2 Å². The number of alkyl halides is 4. The molecule has 0 unspecified atom stereocenters. The molecule has 3 aliphatic rings. The second kappa shape index (κ2) is 9.68. The van der Waals surface area contributed by atoms with Crippen LogP contribution in [0, 0.1) is 0 Å². The number of nitrogens with zero attached hydrogens (tertiary/aromatic N) is 4. The number of hydrogen-bond acceptors (Lipinski definition) is 4. The van der Waals surface area contributed by atoms with Crippen LogP contribution in [0.25, 0.3) is 0 Å². The van der Waals surface area contributed by atoms with Gasteiger partial charge in [-0.15, -0.1) is 10.2 Å². The Bertz CT molecular complexity index is 1440. The van der Waals surface area contributed by atoms with Crippen LogP contribution < -0.4 is 10.2 Å². The third-order valence-corrected chi connectivity index (χ3v) is 9.01. The number of hydrogen-bond donors (Lipinski definition) is 1. The maximum Gasteiger partial charge on any atom is 0.258 e. The minimum absolute atomic E-state index is 0.0393. The van der Waals surface area contributed by atoms with Crippen LogP contribution >= 0.6 is 0 Å². The fourth-order valence-corrected chi connectivity index (χ4v) is 6.55. The Kier molecular flexibility index (Phi) is 6.52. The van der Waals surface area contributed by atoms with E-state index in [2.05, 4.69) is 22.4 Å². The summed E-state index contributed by atoms with van der Waals surface area (Å²) in [7, 11) is 1.78. The molecular formula is C30H33F4N5O. The highest BCUT2D eigenvalue weighted by molar-refractivity contribution is 6.10. The van der Waals surface area contributed by atoms with Crippen molar-refractivity contribution in [3.8, 4) is 0 Å². The van der Waals surface area contributed by atoms with Crippen molar-refractivity contribution in [2.75, 3.05) is 4.90 Å². The average molecular weight is 556 g/mol. The summed E-state index contributed by atoms with van der Waals surface area (Å²) < 4.78 is 57.4. The molecule has 40 heavy (non-hydrogen) atoms. The summed E-state index contributed by atoms with van der Waals surface area (Å²) in [5, 5.41) is 11.5. The lowest BCUT2D eigenvalue weighted by molar-refractivity contribution is -0.127. The normalized spacial score (nSPS) is 20.4. The van der Waals surface area contributed by atoms with Gasteiger partial charge in [0, 0.05) is 61.5 Å². The molecule has 2 fully saturated rings. The number of halogens is 4. The Hall–Kier alpha value is -3.27. The highest BCUT2D eigenvalue weighted by Crippen LogP contribution is 2.55. The highest BCUT2D eigenvalue weighted by Gasteiger charge is 2.57. The number of nitrogens with one attached hydrogen (secondary N) is 1. The van der Waals surface area contributed by atoms with E-state index in [0.29, 0.717) is 46.7 Å². The molecule has 2 aliphatic carbocycles. The molecule has 10 heteroatoms. The zero-order valence-corrected chi connectivity index (χ0v) is 22.7. The van der Waals surface area contributed by atoms with Gasteiger partial charge in [0.05, 0.1) is 6.54 Å². The molecule has 2 saturated carbocycles. The lowest BCUT2D eigenvalue weighted by atomic mass is 9.60. The van der Waals surface area contributed by atoms with Crippen molar-refractivity contribution < 1.29 is 22.4 Å². The summed E-state index contributed by atoms with van der Waals surface area (Å²) in [5.74, 6) is -2.43. The van der Waals surface area contributed by atoms with E-state index in [0.717, 1.165) is 24.8 Å². The van der Waals surface area contributed by atoms with E-state index in [9.17, 15) is 22.4 Å². The Balaban J connectivity index is 1.30. The van der Waals surface area contributed by atoms with Crippen LogP contribution in [-0.2, 0) is 38.4 Å². The molecule has 1 N–H and O–H groups in total. The van der Waals surface area contributed by atoms with Gasteiger partial charge < -0.3 is 14.8 Å². The Morgan fingerprint density at radius 2 is 1.90 bits per heavy atom. The Morgan fingerprint density at radius 1 is 1.12 bits per heavy atom. The first-order chi connectivity index (χ1) is 19.0. The van der Waals surface area contributed by atoms with Crippen molar-refractivity contribution in [3.63, 3.8) is 0 Å². The van der Waals surface area contributed by atoms with E-state index in [1.807, 2.05) is 12.1 Å². The van der Waals surface area contributed by atoms with Gasteiger partial charge in [-0.2, -0.15) is 0 Å². The standard InChI is InChI=1S/C30H33F4N5O/c1-28(7-4-8-28)35-14-19-9-20(11-25(31)32)24-15-39(27(40)23(24)10-19)22-6-3-5-21(12-22)29(16-30(33,34)17-29)13-26-37-36-18-38(26)2/h3,5-6,9-10,12,18,25,35H,4,7-8,11,13-17H2,1-2H3. The van der Waals surface area contributed by atoms with Crippen LogP contribution in [0.1, 0.15) is 77.5 Å². The average Bonchev–Trinajstić information content (AvgIpc) is 3.42. The van der Waals surface area contributed by atoms with Crippen molar-refractivity contribution in [1.29, 1.82) is 0 Å². The minimum Gasteiger partial charge on any atom is -0.321 e. The fraction of sp³-hybridized carbons (Fsp3) is 0.500. The summed E-state index contributed by atoms with van der Waals surface area (Å²) in [6.45, 7) is 2.82. The molecule has 0 saturated heterocycles. The van der Waals surface area contributed by atoms with E-state index in [1.54, 1.807) is 47.1 Å². The lowest BCUT2D eigenvalue weighted by Crippen LogP contribution is -2.51. The predicted molar refractivity (Wildman–Crippen MR) is 143 cm³/mol. The monoisotopic (exact) mass is 555 g/mol. The van der Waals surface area contributed by atoms with Crippen molar-refractivity contribution in [1.82, 2.24) is 20.1 Å². The molecule has 212 valence electrons. The van der Waals surface area contributed by atoms with Gasteiger partial charge in [-0.1, -0.05) is 18.2 Å². The second-order valence-corrected chi connectivity index (χ2v) is 12.1. The number of amides is 1. The molecule has 2 aromatic carbocycles. The van der Waals surface area contributed by atoms with Gasteiger partial charge in [0.2, 0.25) is 12.3 Å². The molecule has 6 rings (SSSR count). The van der Waals surface area contributed by atoms with E-state index >= 15 is 0 Å². The summed E-state index contributed by atoms with van der Waals surface area (Å²) in [6.07, 6.45) is 1.53. The van der Waals surface area contributed by atoms with Crippen LogP contribution in [-0.4, -0.2) is 38.6 Å². The quantitative estimate of drug-likeness (QED) is 0.343. The third kappa shape index (κ3) is 4.91. The van der Waals surface area contributed by atoms with Gasteiger partial charge >= 0.3 is 0 Å². The fourth-order valence-electron chi connectivity index (χ4n) is 6.55. The van der Waals surface area contributed by atoms with Crippen molar-refractivity contribution >= 4 is 11.6 Å². The molecule has 3 aromatic rings. The van der Waals surface area contributed by atoms with Crippen molar-refractivity contribution in [3.05, 3.63) is 76.4 Å². The molecule has 0 atom stereocenters. The zero-order chi connectivity index (χ0) is 28.3. The molecule has 1 amide bonds. The van der Waals surface area contributed by atoms with Crippen LogP contribution in [0.15, 0.2) is 42.7 Å². The molecule has 1 aliphatic heterocycles. The van der Waals surface area contributed by atoms with Gasteiger partial charge in [0.25, 0.3) is 5.91 Å². The summed E-state index contributed by atoms with van der Waals surface area (Å²) in [5.41, 5.74) is 2.80. The van der Waals surface area contributed by atoms with Crippen LogP contribution in [0.3, 0.4) is 0 Å². The number of aromatic nitrogens is 3. The molecule has 0 radical (unpaired) electrons. The van der Waals surface area contributed by atoms with E-state index in [1.165, 1.54) is 0 Å². The maximum atomic E-state index is 14.3. The molecule has 6 nitrogen and oxygen atoms in total. The van der Waals surface area contributed by atoms with E-state index in [-0.39, 0.29) is 30.8 Å². The van der Waals surface area contributed by atoms with Gasteiger partial charge in [-0.05, 0) is 66.6 Å². The van der Waals surface area contributed by atoms with Gasteiger partial charge in [-0.3, -0.25) is 4.79 Å². The van der Waals surface area contributed by atoms with Crippen LogP contribution in [0.5, 0.6) is 0 Å². The number of carbonyl (C=O) groups is 1. The SMILES string of the molecule is Cn1cnnc1CC1(c2cccc(N3Cc4c(CC(F)F)cc(CNC5(C)CCC5)cc4C3=O)c2)CC(F)(F)C1. The number of fused-ring (bicyclic) bond motifs is 1. The predicted octanol–water partition coefficient (Wildman–Crippen LogP) is 5.72. The molecule has 2 heterocycles. The van der Waals surface area contributed by atoms with Crippen LogP contribution in [0.4, 0.5) is 23.2 Å². The maximum absolute atomic E-state index is 14.3. The summed E-state index contributed by atoms with van der Waals surface area (Å²) in [6, 6.07) is 10.8. The second-order valence-electron chi connectivity index (χ2n) is 12.1. The van der Waals surface area contributed by atoms with Crippen molar-refractivity contribution in [2.45, 2.75) is 88.3 Å². The van der Waals surface area contributed by atoms with Gasteiger partial charge in [-0.25, -0.2) is 17.6 Å². The Morgan fingerprint density at radius 3 is 2.52 bits per heavy atom. The van der Waals surface area contributed by atoms with Gasteiger partial charge in [0.1, 0.15) is 12.2 Å². The number of rotatable bonds is 9. The number of aryl methyl sites for hydroxylation is 1. The topological polar surface area (TPSA) is 63.1 Å². The number of anilines is 1. The molecule has 1 aromatic heterocycles. The lowest BCUT2D eigenvalue weighted by Gasteiger charge is -2.48. The first-order valence-corrected chi connectivity index (χ1v) is 13.8. The molecular weight excluding hydrogens is 522 g/mol. The van der Waals surface area contributed by atoms with Gasteiger partial charge in [0.15, 0.2) is 0 Å². The third-order valence-electron chi connectivity index (χ3n) is 9.01. The summed E-state index contributed by atoms with van der Waals surface area (Å²) in [4.78, 5) is 15.3. The first-order valence-electron chi connectivity index (χ1n) is 13.8. The zero-order valence-electron chi connectivity index (χ0n) is 22.7. The summed E-state index contributed by atoms with van der Waals surface area (Å²) >= 11 is 0. The number of benzene rings is 2. The highest BCUT2D eigenvalue weighted by atomic mass is 19.3. The van der Waals surface area contributed by atoms with E-state index in [4.69, 9.17) is 0 Å². The molecule has 0 bridgehead atoms. The van der Waals surface area contributed by atoms with Crippen LogP contribution in [0.2, 0.25) is 0 Å². The minimum atomic E-state index is -2.78. The van der Waals surface area contributed by atoms with Crippen molar-refractivity contribution in [2.24, 2.45) is 7.05 Å².